The zero-order valence-electron chi connectivity index (χ0n) is 9.20. The first-order chi connectivity index (χ1) is 8.31. The Morgan fingerprint density at radius 1 is 1.24 bits per heavy atom. The second kappa shape index (κ2) is 6.55. The standard InChI is InChI=1S/C13H13BrClNS/c14-11-6-7-17-13(11)9-16-12(8-15)10-4-2-1-3-5-10/h1-7,12,16H,8-9H2. The van der Waals surface area contributed by atoms with E-state index >= 15 is 0 Å². The predicted molar refractivity (Wildman–Crippen MR) is 78.8 cm³/mol. The Morgan fingerprint density at radius 2 is 2.00 bits per heavy atom. The van der Waals surface area contributed by atoms with Crippen molar-refractivity contribution in [2.24, 2.45) is 0 Å². The van der Waals surface area contributed by atoms with Gasteiger partial charge in [0.15, 0.2) is 0 Å². The molecule has 0 aliphatic rings. The van der Waals surface area contributed by atoms with Gasteiger partial charge in [0.2, 0.25) is 0 Å². The van der Waals surface area contributed by atoms with Crippen molar-refractivity contribution >= 4 is 38.9 Å². The summed E-state index contributed by atoms with van der Waals surface area (Å²) in [4.78, 5) is 1.30. The first kappa shape index (κ1) is 13.1. The van der Waals surface area contributed by atoms with Crippen molar-refractivity contribution in [2.45, 2.75) is 12.6 Å². The molecular formula is C13H13BrClNS. The van der Waals surface area contributed by atoms with E-state index in [9.17, 15) is 0 Å². The smallest absolute Gasteiger partial charge is 0.0460 e. The molecule has 0 radical (unpaired) electrons. The Balaban J connectivity index is 1.99. The third-order valence-corrected chi connectivity index (χ3v) is 4.79. The van der Waals surface area contributed by atoms with E-state index in [4.69, 9.17) is 11.6 Å². The molecule has 0 saturated carbocycles. The van der Waals surface area contributed by atoms with Crippen LogP contribution in [0.5, 0.6) is 0 Å². The molecule has 1 aromatic carbocycles. The van der Waals surface area contributed by atoms with E-state index in [0.717, 1.165) is 11.0 Å². The van der Waals surface area contributed by atoms with Crippen molar-refractivity contribution < 1.29 is 0 Å². The van der Waals surface area contributed by atoms with E-state index in [0.29, 0.717) is 5.88 Å². The third-order valence-electron chi connectivity index (χ3n) is 2.56. The molecule has 1 atom stereocenters. The zero-order valence-corrected chi connectivity index (χ0v) is 12.4. The lowest BCUT2D eigenvalue weighted by Gasteiger charge is -2.16. The Bertz CT molecular complexity index is 457. The fraction of sp³-hybridized carbons (Fsp3) is 0.231. The van der Waals surface area contributed by atoms with Crippen molar-refractivity contribution in [1.82, 2.24) is 5.32 Å². The highest BCUT2D eigenvalue weighted by atomic mass is 79.9. The summed E-state index contributed by atoms with van der Waals surface area (Å²) in [5.74, 6) is 0.576. The molecule has 0 fully saturated rings. The van der Waals surface area contributed by atoms with Crippen LogP contribution in [-0.4, -0.2) is 5.88 Å². The summed E-state index contributed by atoms with van der Waals surface area (Å²) in [6.45, 7) is 0.838. The molecular weight excluding hydrogens is 318 g/mol. The first-order valence-corrected chi connectivity index (χ1v) is 7.58. The van der Waals surface area contributed by atoms with Gasteiger partial charge in [-0.15, -0.1) is 22.9 Å². The third kappa shape index (κ3) is 3.55. The molecule has 90 valence electrons. The molecule has 4 heteroatoms. The molecule has 1 N–H and O–H groups in total. The molecule has 0 spiro atoms. The van der Waals surface area contributed by atoms with Gasteiger partial charge in [-0.2, -0.15) is 0 Å². The fourth-order valence-corrected chi connectivity index (χ4v) is 3.34. The molecule has 1 nitrogen and oxygen atoms in total. The largest absolute Gasteiger partial charge is 0.304 e. The van der Waals surface area contributed by atoms with E-state index < -0.39 is 0 Å². The van der Waals surface area contributed by atoms with Crippen molar-refractivity contribution in [1.29, 1.82) is 0 Å². The van der Waals surface area contributed by atoms with Crippen LogP contribution < -0.4 is 5.32 Å². The maximum Gasteiger partial charge on any atom is 0.0460 e. The van der Waals surface area contributed by atoms with Gasteiger partial charge in [0, 0.05) is 27.8 Å². The quantitative estimate of drug-likeness (QED) is 0.791. The Hall–Kier alpha value is -0.350. The fourth-order valence-electron chi connectivity index (χ4n) is 1.61. The van der Waals surface area contributed by atoms with E-state index in [1.54, 1.807) is 11.3 Å². The predicted octanol–water partition coefficient (Wildman–Crippen LogP) is 4.58. The molecule has 2 aromatic rings. The summed E-state index contributed by atoms with van der Waals surface area (Å²) < 4.78 is 1.16. The number of thiophene rings is 1. The topological polar surface area (TPSA) is 12.0 Å². The van der Waals surface area contributed by atoms with Crippen LogP contribution in [0.25, 0.3) is 0 Å². The van der Waals surface area contributed by atoms with E-state index in [-0.39, 0.29) is 6.04 Å². The van der Waals surface area contributed by atoms with Crippen LogP contribution in [0.3, 0.4) is 0 Å². The van der Waals surface area contributed by atoms with Gasteiger partial charge in [0.1, 0.15) is 0 Å². The van der Waals surface area contributed by atoms with Crippen LogP contribution in [0.1, 0.15) is 16.5 Å². The van der Waals surface area contributed by atoms with Crippen LogP contribution in [0.4, 0.5) is 0 Å². The highest BCUT2D eigenvalue weighted by molar-refractivity contribution is 9.10. The molecule has 1 heterocycles. The van der Waals surface area contributed by atoms with Crippen LogP contribution in [0, 0.1) is 0 Å². The van der Waals surface area contributed by atoms with Crippen LogP contribution in [0.2, 0.25) is 0 Å². The second-order valence-corrected chi connectivity index (χ2v) is 5.85. The average Bonchev–Trinajstić information content (AvgIpc) is 2.77. The second-order valence-electron chi connectivity index (χ2n) is 3.69. The number of rotatable bonds is 5. The summed E-state index contributed by atoms with van der Waals surface area (Å²) >= 11 is 11.3. The van der Waals surface area contributed by atoms with Crippen molar-refractivity contribution in [3.05, 3.63) is 56.7 Å². The molecule has 0 saturated heterocycles. The molecule has 17 heavy (non-hydrogen) atoms. The minimum atomic E-state index is 0.201. The lowest BCUT2D eigenvalue weighted by molar-refractivity contribution is 0.583. The lowest BCUT2D eigenvalue weighted by atomic mass is 10.1. The van der Waals surface area contributed by atoms with Gasteiger partial charge in [-0.25, -0.2) is 0 Å². The minimum absolute atomic E-state index is 0.201. The number of hydrogen-bond donors (Lipinski definition) is 1. The highest BCUT2D eigenvalue weighted by Crippen LogP contribution is 2.23. The van der Waals surface area contributed by atoms with Crippen molar-refractivity contribution in [3.8, 4) is 0 Å². The molecule has 0 bridgehead atoms. The summed E-state index contributed by atoms with van der Waals surface area (Å²) in [6.07, 6.45) is 0. The molecule has 0 amide bonds. The van der Waals surface area contributed by atoms with Gasteiger partial charge in [-0.1, -0.05) is 30.3 Å². The van der Waals surface area contributed by atoms with Gasteiger partial charge in [0.05, 0.1) is 0 Å². The van der Waals surface area contributed by atoms with Crippen LogP contribution in [0.15, 0.2) is 46.3 Å². The maximum atomic E-state index is 6.01. The van der Waals surface area contributed by atoms with Crippen LogP contribution >= 0.6 is 38.9 Å². The number of benzene rings is 1. The van der Waals surface area contributed by atoms with Crippen molar-refractivity contribution in [2.75, 3.05) is 5.88 Å². The number of hydrogen-bond acceptors (Lipinski definition) is 2. The Kier molecular flexibility index (Phi) is 5.04. The Morgan fingerprint density at radius 3 is 2.59 bits per heavy atom. The summed E-state index contributed by atoms with van der Waals surface area (Å²) in [6, 6.07) is 12.6. The molecule has 2 rings (SSSR count). The molecule has 1 aromatic heterocycles. The van der Waals surface area contributed by atoms with Gasteiger partial charge in [-0.05, 0) is 32.9 Å². The van der Waals surface area contributed by atoms with Crippen molar-refractivity contribution in [3.63, 3.8) is 0 Å². The van der Waals surface area contributed by atoms with E-state index in [1.807, 2.05) is 18.2 Å². The summed E-state index contributed by atoms with van der Waals surface area (Å²) in [5.41, 5.74) is 1.23. The van der Waals surface area contributed by atoms with E-state index in [1.165, 1.54) is 10.4 Å². The van der Waals surface area contributed by atoms with Crippen LogP contribution in [-0.2, 0) is 6.54 Å². The minimum Gasteiger partial charge on any atom is -0.304 e. The molecule has 1 unspecified atom stereocenters. The SMILES string of the molecule is ClCC(NCc1sccc1Br)c1ccccc1. The summed E-state index contributed by atoms with van der Waals surface area (Å²) in [7, 11) is 0. The number of halogens is 2. The monoisotopic (exact) mass is 329 g/mol. The average molecular weight is 331 g/mol. The first-order valence-electron chi connectivity index (χ1n) is 5.37. The number of nitrogens with one attached hydrogen (secondary N) is 1. The highest BCUT2D eigenvalue weighted by Gasteiger charge is 2.10. The normalized spacial score (nSPS) is 12.6. The zero-order chi connectivity index (χ0) is 12.1. The van der Waals surface area contributed by atoms with Gasteiger partial charge in [0.25, 0.3) is 0 Å². The molecule has 0 aliphatic carbocycles. The molecule has 0 aliphatic heterocycles. The van der Waals surface area contributed by atoms with Gasteiger partial charge >= 0.3 is 0 Å². The summed E-state index contributed by atoms with van der Waals surface area (Å²) in [5, 5.41) is 5.56. The van der Waals surface area contributed by atoms with Gasteiger partial charge in [-0.3, -0.25) is 0 Å². The van der Waals surface area contributed by atoms with Gasteiger partial charge < -0.3 is 5.32 Å². The van der Waals surface area contributed by atoms with E-state index in [2.05, 4.69) is 44.8 Å². The lowest BCUT2D eigenvalue weighted by Crippen LogP contribution is -2.21. The number of alkyl halides is 1. The maximum absolute atomic E-state index is 6.01. The Labute approximate surface area is 119 Å².